The standard InChI is InChI=1S/C16H20N2O5/c1-7-13(9(3)19)8(2)17-14(7)15(21)10(4)23-16(22)11-5-6-12(20)18-11/h10-11,17H,5-6H2,1-4H3,(H,18,20)/t10-,11-/m0/s1. The van der Waals surface area contributed by atoms with Gasteiger partial charge in [-0.1, -0.05) is 0 Å². The first-order valence-electron chi connectivity index (χ1n) is 7.46. The third-order valence-corrected chi connectivity index (χ3v) is 3.98. The highest BCUT2D eigenvalue weighted by Gasteiger charge is 2.32. The van der Waals surface area contributed by atoms with Crippen LogP contribution in [0.15, 0.2) is 0 Å². The summed E-state index contributed by atoms with van der Waals surface area (Å²) in [5, 5.41) is 2.50. The van der Waals surface area contributed by atoms with Gasteiger partial charge < -0.3 is 15.0 Å². The van der Waals surface area contributed by atoms with E-state index in [9.17, 15) is 19.2 Å². The van der Waals surface area contributed by atoms with Crippen LogP contribution in [-0.2, 0) is 14.3 Å². The van der Waals surface area contributed by atoms with E-state index < -0.39 is 23.9 Å². The largest absolute Gasteiger partial charge is 0.453 e. The molecule has 2 heterocycles. The predicted octanol–water partition coefficient (Wildman–Crippen LogP) is 1.23. The molecule has 124 valence electrons. The zero-order valence-electron chi connectivity index (χ0n) is 13.6. The van der Waals surface area contributed by atoms with Crippen LogP contribution in [0.25, 0.3) is 0 Å². The number of hydrogen-bond donors (Lipinski definition) is 2. The monoisotopic (exact) mass is 320 g/mol. The molecule has 2 rings (SSSR count). The number of hydrogen-bond acceptors (Lipinski definition) is 5. The number of rotatable bonds is 5. The van der Waals surface area contributed by atoms with Gasteiger partial charge in [-0.05, 0) is 39.7 Å². The van der Waals surface area contributed by atoms with Crippen LogP contribution in [-0.4, -0.2) is 40.6 Å². The molecule has 7 nitrogen and oxygen atoms in total. The lowest BCUT2D eigenvalue weighted by Crippen LogP contribution is -2.38. The van der Waals surface area contributed by atoms with E-state index in [2.05, 4.69) is 10.3 Å². The van der Waals surface area contributed by atoms with Crippen LogP contribution >= 0.6 is 0 Å². The second-order valence-corrected chi connectivity index (χ2v) is 5.78. The molecule has 7 heteroatoms. The molecule has 2 atom stereocenters. The van der Waals surface area contributed by atoms with E-state index >= 15 is 0 Å². The fourth-order valence-electron chi connectivity index (χ4n) is 2.83. The normalized spacial score (nSPS) is 18.4. The van der Waals surface area contributed by atoms with Gasteiger partial charge in [-0.3, -0.25) is 14.4 Å². The second-order valence-electron chi connectivity index (χ2n) is 5.78. The molecule has 1 saturated heterocycles. The summed E-state index contributed by atoms with van der Waals surface area (Å²) in [4.78, 5) is 50.0. The van der Waals surface area contributed by atoms with Crippen molar-refractivity contribution in [1.29, 1.82) is 0 Å². The number of carbonyl (C=O) groups is 4. The van der Waals surface area contributed by atoms with E-state index in [1.807, 2.05) is 0 Å². The maximum Gasteiger partial charge on any atom is 0.329 e. The lowest BCUT2D eigenvalue weighted by molar-refractivity contribution is -0.149. The van der Waals surface area contributed by atoms with Crippen LogP contribution in [0.1, 0.15) is 58.8 Å². The van der Waals surface area contributed by atoms with Gasteiger partial charge in [0.2, 0.25) is 11.7 Å². The molecule has 1 fully saturated rings. The fourth-order valence-corrected chi connectivity index (χ4v) is 2.83. The lowest BCUT2D eigenvalue weighted by atomic mass is 10.0. The summed E-state index contributed by atoms with van der Waals surface area (Å²) in [6.07, 6.45) is -0.358. The number of carbonyl (C=O) groups excluding carboxylic acids is 4. The van der Waals surface area contributed by atoms with Gasteiger partial charge in [0.15, 0.2) is 11.9 Å². The number of aromatic nitrogens is 1. The van der Waals surface area contributed by atoms with Crippen molar-refractivity contribution in [3.8, 4) is 0 Å². The number of nitrogens with one attached hydrogen (secondary N) is 2. The summed E-state index contributed by atoms with van der Waals surface area (Å²) in [5.74, 6) is -1.36. The zero-order valence-corrected chi connectivity index (χ0v) is 13.6. The maximum atomic E-state index is 12.5. The Morgan fingerprint density at radius 3 is 2.39 bits per heavy atom. The van der Waals surface area contributed by atoms with E-state index in [1.54, 1.807) is 13.8 Å². The van der Waals surface area contributed by atoms with E-state index in [0.29, 0.717) is 23.2 Å². The van der Waals surface area contributed by atoms with Gasteiger partial charge >= 0.3 is 5.97 Å². The first-order chi connectivity index (χ1) is 10.7. The van der Waals surface area contributed by atoms with Crippen molar-refractivity contribution in [3.05, 3.63) is 22.5 Å². The van der Waals surface area contributed by atoms with Gasteiger partial charge in [0.25, 0.3) is 0 Å². The average molecular weight is 320 g/mol. The molecule has 1 aromatic heterocycles. The van der Waals surface area contributed by atoms with Gasteiger partial charge in [-0.2, -0.15) is 0 Å². The fraction of sp³-hybridized carbons (Fsp3) is 0.500. The molecule has 0 aromatic carbocycles. The number of aryl methyl sites for hydroxylation is 1. The van der Waals surface area contributed by atoms with Crippen LogP contribution in [0.3, 0.4) is 0 Å². The highest BCUT2D eigenvalue weighted by molar-refractivity contribution is 6.05. The molecule has 0 saturated carbocycles. The van der Waals surface area contributed by atoms with Crippen LogP contribution in [0.5, 0.6) is 0 Å². The minimum atomic E-state index is -1.00. The number of amides is 1. The molecule has 1 amide bonds. The van der Waals surface area contributed by atoms with Gasteiger partial charge in [0.05, 0.1) is 5.69 Å². The Morgan fingerprint density at radius 2 is 1.91 bits per heavy atom. The van der Waals surface area contributed by atoms with Crippen LogP contribution in [0.2, 0.25) is 0 Å². The quantitative estimate of drug-likeness (QED) is 0.627. The molecule has 0 radical (unpaired) electrons. The Balaban J connectivity index is 2.11. The Labute approximate surface area is 133 Å². The van der Waals surface area contributed by atoms with Gasteiger partial charge in [-0.15, -0.1) is 0 Å². The molecule has 0 aliphatic carbocycles. The van der Waals surface area contributed by atoms with Crippen molar-refractivity contribution in [2.24, 2.45) is 0 Å². The van der Waals surface area contributed by atoms with Crippen molar-refractivity contribution >= 4 is 23.4 Å². The van der Waals surface area contributed by atoms with E-state index in [-0.39, 0.29) is 23.8 Å². The van der Waals surface area contributed by atoms with Crippen molar-refractivity contribution in [1.82, 2.24) is 10.3 Å². The number of H-pyrrole nitrogens is 1. The molecule has 1 aliphatic heterocycles. The highest BCUT2D eigenvalue weighted by Crippen LogP contribution is 2.21. The topological polar surface area (TPSA) is 105 Å². The molecule has 0 spiro atoms. The van der Waals surface area contributed by atoms with E-state index in [1.165, 1.54) is 13.8 Å². The third-order valence-electron chi connectivity index (χ3n) is 3.98. The molecular weight excluding hydrogens is 300 g/mol. The van der Waals surface area contributed by atoms with Crippen molar-refractivity contribution < 1.29 is 23.9 Å². The number of Topliss-reactive ketones (excluding diaryl/α,β-unsaturated/α-hetero) is 2. The minimum absolute atomic E-state index is 0.131. The summed E-state index contributed by atoms with van der Waals surface area (Å²) < 4.78 is 5.16. The predicted molar refractivity (Wildman–Crippen MR) is 81.3 cm³/mol. The van der Waals surface area contributed by atoms with Crippen molar-refractivity contribution in [2.75, 3.05) is 0 Å². The van der Waals surface area contributed by atoms with E-state index in [4.69, 9.17) is 4.74 Å². The smallest absolute Gasteiger partial charge is 0.329 e. The second kappa shape index (κ2) is 6.36. The molecule has 1 aliphatic rings. The Hall–Kier alpha value is -2.44. The molecule has 1 aromatic rings. The van der Waals surface area contributed by atoms with Gasteiger partial charge in [-0.25, -0.2) is 4.79 Å². The number of esters is 1. The first kappa shape index (κ1) is 16.9. The average Bonchev–Trinajstić information content (AvgIpc) is 3.01. The summed E-state index contributed by atoms with van der Waals surface area (Å²) in [6.45, 7) is 6.30. The first-order valence-corrected chi connectivity index (χ1v) is 7.46. The maximum absolute atomic E-state index is 12.5. The van der Waals surface area contributed by atoms with Crippen molar-refractivity contribution in [2.45, 2.75) is 52.7 Å². The third kappa shape index (κ3) is 3.33. The van der Waals surface area contributed by atoms with Crippen molar-refractivity contribution in [3.63, 3.8) is 0 Å². The molecule has 23 heavy (non-hydrogen) atoms. The molecule has 0 bridgehead atoms. The Bertz CT molecular complexity index is 689. The Morgan fingerprint density at radius 1 is 1.26 bits per heavy atom. The van der Waals surface area contributed by atoms with Crippen LogP contribution < -0.4 is 5.32 Å². The number of ether oxygens (including phenoxy) is 1. The van der Waals surface area contributed by atoms with E-state index in [0.717, 1.165) is 0 Å². The molecule has 2 N–H and O–H groups in total. The van der Waals surface area contributed by atoms with Gasteiger partial charge in [0, 0.05) is 17.7 Å². The summed E-state index contributed by atoms with van der Waals surface area (Å²) in [5.41, 5.74) is 1.91. The number of aromatic amines is 1. The van der Waals surface area contributed by atoms with Crippen LogP contribution in [0.4, 0.5) is 0 Å². The molecule has 0 unspecified atom stereocenters. The SMILES string of the molecule is CC(=O)c1c(C)[nH]c(C(=O)[C@H](C)OC(=O)[C@@H]2CCC(=O)N2)c1C. The lowest BCUT2D eigenvalue weighted by Gasteiger charge is -2.15. The van der Waals surface area contributed by atoms with Crippen LogP contribution in [0, 0.1) is 13.8 Å². The summed E-state index contributed by atoms with van der Waals surface area (Å²) >= 11 is 0. The van der Waals surface area contributed by atoms with Gasteiger partial charge in [0.1, 0.15) is 6.04 Å². The summed E-state index contributed by atoms with van der Waals surface area (Å²) in [6, 6.07) is -0.697. The minimum Gasteiger partial charge on any atom is -0.453 e. The summed E-state index contributed by atoms with van der Waals surface area (Å²) in [7, 11) is 0. The highest BCUT2D eigenvalue weighted by atomic mass is 16.5. The zero-order chi connectivity index (χ0) is 17.3. The Kier molecular flexibility index (Phi) is 4.68. The molecular formula is C16H20N2O5. The number of ketones is 2.